The van der Waals surface area contributed by atoms with Crippen molar-refractivity contribution in [3.63, 3.8) is 0 Å². The van der Waals surface area contributed by atoms with Gasteiger partial charge in [0.25, 0.3) is 0 Å². The van der Waals surface area contributed by atoms with Gasteiger partial charge in [0, 0.05) is 44.2 Å². The summed E-state index contributed by atoms with van der Waals surface area (Å²) in [5, 5.41) is 6.63. The van der Waals surface area contributed by atoms with E-state index < -0.39 is 0 Å². The van der Waals surface area contributed by atoms with Crippen molar-refractivity contribution in [3.05, 3.63) is 114 Å². The van der Waals surface area contributed by atoms with Crippen LogP contribution >= 0.6 is 0 Å². The molecule has 0 saturated carbocycles. The van der Waals surface area contributed by atoms with E-state index in [4.69, 9.17) is 0 Å². The number of piperidine rings is 1. The molecule has 43 heavy (non-hydrogen) atoms. The van der Waals surface area contributed by atoms with E-state index in [1.165, 1.54) is 48.6 Å². The Balaban J connectivity index is 1.28. The van der Waals surface area contributed by atoms with Crippen molar-refractivity contribution in [2.24, 2.45) is 0 Å². The minimum Gasteiger partial charge on any atom is -0.351 e. The molecule has 2 saturated heterocycles. The van der Waals surface area contributed by atoms with E-state index in [0.29, 0.717) is 19.6 Å². The zero-order chi connectivity index (χ0) is 29.9. The van der Waals surface area contributed by atoms with Gasteiger partial charge < -0.3 is 20.4 Å². The van der Waals surface area contributed by atoms with E-state index in [-0.39, 0.29) is 35.6 Å². The third-order valence-corrected chi connectivity index (χ3v) is 8.60. The summed E-state index contributed by atoms with van der Waals surface area (Å²) in [6.07, 6.45) is 8.34. The lowest BCUT2D eigenvalue weighted by atomic mass is 9.90. The largest absolute Gasteiger partial charge is 0.351 e. The van der Waals surface area contributed by atoms with Gasteiger partial charge in [0.2, 0.25) is 11.8 Å². The number of hydrogen-bond acceptors (Lipinski definition) is 4. The first-order valence-corrected chi connectivity index (χ1v) is 15.6. The summed E-state index contributed by atoms with van der Waals surface area (Å²) in [5.74, 6) is -0.309. The highest BCUT2D eigenvalue weighted by atomic mass is 19.1. The fourth-order valence-corrected chi connectivity index (χ4v) is 6.15. The molecule has 2 aliphatic rings. The lowest BCUT2D eigenvalue weighted by Crippen LogP contribution is -2.50. The SMILES string of the molecule is O=C(/C=C/c1ccc(F)cc1)NCC1CCN(CC(c2ccccc2)c2ccccc2)C(=O)C(CCN2CCCCC2)N1. The molecular weight excluding hydrogens is 539 g/mol. The second-order valence-electron chi connectivity index (χ2n) is 11.7. The Morgan fingerprint density at radius 3 is 2.21 bits per heavy atom. The first-order valence-electron chi connectivity index (χ1n) is 15.6. The third-order valence-electron chi connectivity index (χ3n) is 8.60. The minimum atomic E-state index is -0.312. The number of benzene rings is 3. The molecule has 0 radical (unpaired) electrons. The smallest absolute Gasteiger partial charge is 0.244 e. The number of likely N-dealkylation sites (tertiary alicyclic amines) is 1. The minimum absolute atomic E-state index is 0.0321. The maximum atomic E-state index is 14.1. The molecule has 2 heterocycles. The summed E-state index contributed by atoms with van der Waals surface area (Å²) in [5.41, 5.74) is 3.15. The maximum absolute atomic E-state index is 14.1. The average molecular weight is 583 g/mol. The normalized spacial score (nSPS) is 20.0. The number of amides is 2. The van der Waals surface area contributed by atoms with E-state index >= 15 is 0 Å². The Bertz CT molecular complexity index is 1290. The van der Waals surface area contributed by atoms with Gasteiger partial charge in [-0.3, -0.25) is 9.59 Å². The Kier molecular flexibility index (Phi) is 11.1. The molecule has 2 unspecified atom stereocenters. The number of carbonyl (C=O) groups excluding carboxylic acids is 2. The molecular formula is C36H43FN4O2. The molecule has 0 spiro atoms. The van der Waals surface area contributed by atoms with Crippen molar-refractivity contribution in [1.29, 1.82) is 0 Å². The molecule has 0 aliphatic carbocycles. The summed E-state index contributed by atoms with van der Waals surface area (Å²) in [6, 6.07) is 26.5. The molecule has 7 heteroatoms. The lowest BCUT2D eigenvalue weighted by Gasteiger charge is -2.31. The van der Waals surface area contributed by atoms with Crippen LogP contribution in [0.4, 0.5) is 4.39 Å². The zero-order valence-corrected chi connectivity index (χ0v) is 24.8. The van der Waals surface area contributed by atoms with Gasteiger partial charge in [-0.25, -0.2) is 4.39 Å². The van der Waals surface area contributed by atoms with Crippen LogP contribution in [0, 0.1) is 5.82 Å². The highest BCUT2D eigenvalue weighted by Gasteiger charge is 2.33. The van der Waals surface area contributed by atoms with Gasteiger partial charge in [-0.2, -0.15) is 0 Å². The zero-order valence-electron chi connectivity index (χ0n) is 24.8. The summed E-state index contributed by atoms with van der Waals surface area (Å²) in [6.45, 7) is 4.72. The molecule has 2 aliphatic heterocycles. The number of halogens is 1. The fraction of sp³-hybridized carbons (Fsp3) is 0.389. The van der Waals surface area contributed by atoms with Gasteiger partial charge in [-0.15, -0.1) is 0 Å². The Labute approximate surface area is 255 Å². The van der Waals surface area contributed by atoms with Crippen molar-refractivity contribution in [2.75, 3.05) is 39.3 Å². The van der Waals surface area contributed by atoms with E-state index in [1.54, 1.807) is 18.2 Å². The van der Waals surface area contributed by atoms with Crippen LogP contribution in [0.1, 0.15) is 54.7 Å². The summed E-state index contributed by atoms with van der Waals surface area (Å²) in [7, 11) is 0. The predicted octanol–water partition coefficient (Wildman–Crippen LogP) is 5.22. The first-order chi connectivity index (χ1) is 21.0. The quantitative estimate of drug-likeness (QED) is 0.304. The van der Waals surface area contributed by atoms with Gasteiger partial charge in [-0.05, 0) is 73.7 Å². The van der Waals surface area contributed by atoms with Crippen LogP contribution in [0.3, 0.4) is 0 Å². The molecule has 2 atom stereocenters. The van der Waals surface area contributed by atoms with Crippen molar-refractivity contribution in [1.82, 2.24) is 20.4 Å². The lowest BCUT2D eigenvalue weighted by molar-refractivity contribution is -0.133. The van der Waals surface area contributed by atoms with E-state index in [2.05, 4.69) is 64.1 Å². The monoisotopic (exact) mass is 582 g/mol. The van der Waals surface area contributed by atoms with Crippen LogP contribution in [0.15, 0.2) is 91.0 Å². The van der Waals surface area contributed by atoms with E-state index in [0.717, 1.165) is 38.0 Å². The summed E-state index contributed by atoms with van der Waals surface area (Å²) in [4.78, 5) is 31.2. The van der Waals surface area contributed by atoms with E-state index in [9.17, 15) is 14.0 Å². The van der Waals surface area contributed by atoms with Gasteiger partial charge in [0.15, 0.2) is 0 Å². The molecule has 226 valence electrons. The van der Waals surface area contributed by atoms with Crippen LogP contribution < -0.4 is 10.6 Å². The van der Waals surface area contributed by atoms with Crippen molar-refractivity contribution >= 4 is 17.9 Å². The third kappa shape index (κ3) is 9.09. The predicted molar refractivity (Wildman–Crippen MR) is 170 cm³/mol. The maximum Gasteiger partial charge on any atom is 0.244 e. The molecule has 3 aromatic rings. The van der Waals surface area contributed by atoms with E-state index in [1.807, 2.05) is 17.0 Å². The average Bonchev–Trinajstić information content (AvgIpc) is 3.20. The fourth-order valence-electron chi connectivity index (χ4n) is 6.15. The molecule has 2 fully saturated rings. The van der Waals surface area contributed by atoms with Crippen molar-refractivity contribution in [3.8, 4) is 0 Å². The van der Waals surface area contributed by atoms with Gasteiger partial charge >= 0.3 is 0 Å². The molecule has 6 nitrogen and oxygen atoms in total. The van der Waals surface area contributed by atoms with Gasteiger partial charge in [0.05, 0.1) is 6.04 Å². The second-order valence-corrected chi connectivity index (χ2v) is 11.7. The van der Waals surface area contributed by atoms with Crippen LogP contribution in [0.25, 0.3) is 6.08 Å². The van der Waals surface area contributed by atoms with Gasteiger partial charge in [-0.1, -0.05) is 79.2 Å². The molecule has 3 aromatic carbocycles. The first kappa shape index (κ1) is 30.6. The Hall–Kier alpha value is -3.81. The summed E-state index contributed by atoms with van der Waals surface area (Å²) >= 11 is 0. The Morgan fingerprint density at radius 1 is 0.907 bits per heavy atom. The highest BCUT2D eigenvalue weighted by molar-refractivity contribution is 5.91. The molecule has 0 aromatic heterocycles. The second kappa shape index (κ2) is 15.6. The van der Waals surface area contributed by atoms with Gasteiger partial charge in [0.1, 0.15) is 5.82 Å². The standard InChI is InChI=1S/C36H43FN4O2/c37-31-17-14-28(15-18-31)16-19-35(42)38-26-32-20-25-41(36(43)34(39-32)21-24-40-22-8-3-9-23-40)27-33(29-10-4-1-5-11-29)30-12-6-2-7-13-30/h1-2,4-7,10-19,32-34,39H,3,8-9,20-27H2,(H,38,42)/b19-16+. The molecule has 0 bridgehead atoms. The Morgan fingerprint density at radius 2 is 1.56 bits per heavy atom. The topological polar surface area (TPSA) is 64.7 Å². The number of rotatable bonds is 11. The number of nitrogens with one attached hydrogen (secondary N) is 2. The number of hydrogen-bond donors (Lipinski definition) is 2. The summed E-state index contributed by atoms with van der Waals surface area (Å²) < 4.78 is 13.2. The highest BCUT2D eigenvalue weighted by Crippen LogP contribution is 2.27. The van der Waals surface area contributed by atoms with Crippen LogP contribution in [-0.2, 0) is 9.59 Å². The van der Waals surface area contributed by atoms with Crippen molar-refractivity contribution < 1.29 is 14.0 Å². The molecule has 5 rings (SSSR count). The van der Waals surface area contributed by atoms with Crippen LogP contribution in [0.5, 0.6) is 0 Å². The number of carbonyl (C=O) groups is 2. The molecule has 2 amide bonds. The van der Waals surface area contributed by atoms with Crippen LogP contribution in [-0.4, -0.2) is 73.0 Å². The number of nitrogens with zero attached hydrogens (tertiary/aromatic N) is 2. The van der Waals surface area contributed by atoms with Crippen LogP contribution in [0.2, 0.25) is 0 Å². The van der Waals surface area contributed by atoms with Crippen molar-refractivity contribution in [2.45, 2.75) is 50.1 Å². The molecule has 2 N–H and O–H groups in total.